The predicted octanol–water partition coefficient (Wildman–Crippen LogP) is -1.08. The molecule has 1 atom stereocenters. The summed E-state index contributed by atoms with van der Waals surface area (Å²) in [5, 5.41) is 0. The molecule has 1 aliphatic heterocycles. The third kappa shape index (κ3) is 4.41. The van der Waals surface area contributed by atoms with Crippen LogP contribution >= 0.6 is 0 Å². The van der Waals surface area contributed by atoms with Crippen LogP contribution in [0.5, 0.6) is 5.75 Å². The van der Waals surface area contributed by atoms with Crippen molar-refractivity contribution < 1.29 is 23.8 Å². The van der Waals surface area contributed by atoms with E-state index in [0.29, 0.717) is 18.9 Å². The van der Waals surface area contributed by atoms with Crippen molar-refractivity contribution in [1.82, 2.24) is 28.6 Å². The van der Waals surface area contributed by atoms with E-state index in [9.17, 15) is 19.2 Å². The molecule has 13 heteroatoms. The van der Waals surface area contributed by atoms with Gasteiger partial charge < -0.3 is 23.7 Å². The number of ether oxygens (including phenoxy) is 3. The average molecular weight is 472 g/mol. The number of aromatic nitrogens is 5. The molecule has 0 bridgehead atoms. The van der Waals surface area contributed by atoms with Crippen LogP contribution in [0.3, 0.4) is 0 Å². The highest BCUT2D eigenvalue weighted by atomic mass is 16.5. The molecule has 0 aliphatic carbocycles. The fourth-order valence-electron chi connectivity index (χ4n) is 3.73. The lowest BCUT2D eigenvalue weighted by molar-refractivity contribution is -0.140. The normalized spacial score (nSPS) is 16.0. The van der Waals surface area contributed by atoms with Crippen LogP contribution in [-0.2, 0) is 34.9 Å². The first-order valence-electron chi connectivity index (χ1n) is 10.5. The third-order valence-corrected chi connectivity index (χ3v) is 5.58. The molecule has 1 aliphatic rings. The molecule has 1 saturated heterocycles. The van der Waals surface area contributed by atoms with Crippen LogP contribution in [0.4, 0.5) is 0 Å². The molecule has 180 valence electrons. The summed E-state index contributed by atoms with van der Waals surface area (Å²) in [6.07, 6.45) is 3.83. The Balaban J connectivity index is 1.42. The first kappa shape index (κ1) is 23.2. The van der Waals surface area contributed by atoms with Crippen molar-refractivity contribution >= 4 is 23.0 Å². The molecule has 0 radical (unpaired) electrons. The fraction of sp³-hybridized carbons (Fsp3) is 0.429. The number of nitrogens with zero attached hydrogens (tertiary/aromatic N) is 6. The number of carbonyl (C=O) groups excluding carboxylic acids is 2. The van der Waals surface area contributed by atoms with Crippen molar-refractivity contribution in [2.24, 2.45) is 14.1 Å². The predicted molar refractivity (Wildman–Crippen MR) is 118 cm³/mol. The van der Waals surface area contributed by atoms with E-state index in [1.54, 1.807) is 4.90 Å². The number of hydrogen-bond acceptors (Lipinski definition) is 9. The second kappa shape index (κ2) is 9.47. The summed E-state index contributed by atoms with van der Waals surface area (Å²) in [6.45, 7) is 1.03. The number of aryl methyl sites for hydroxylation is 1. The van der Waals surface area contributed by atoms with Gasteiger partial charge in [-0.15, -0.1) is 0 Å². The topological polar surface area (TPSA) is 140 Å². The van der Waals surface area contributed by atoms with Crippen molar-refractivity contribution in [3.63, 3.8) is 0 Å². The zero-order valence-electron chi connectivity index (χ0n) is 19.0. The van der Waals surface area contributed by atoms with Crippen molar-refractivity contribution in [2.45, 2.75) is 12.6 Å². The molecule has 3 aromatic rings. The van der Waals surface area contributed by atoms with E-state index in [1.165, 1.54) is 55.1 Å². The maximum Gasteiger partial charge on any atom is 0.339 e. The number of rotatable bonds is 6. The van der Waals surface area contributed by atoms with Crippen LogP contribution in [0.25, 0.3) is 11.2 Å². The quantitative estimate of drug-likeness (QED) is 0.410. The Morgan fingerprint density at radius 1 is 1.21 bits per heavy atom. The number of carbonyl (C=O) groups is 2. The molecule has 1 amide bonds. The lowest BCUT2D eigenvalue weighted by Crippen LogP contribution is -2.48. The van der Waals surface area contributed by atoms with E-state index in [2.05, 4.69) is 14.7 Å². The van der Waals surface area contributed by atoms with E-state index in [1.807, 2.05) is 0 Å². The second-order valence-electron chi connectivity index (χ2n) is 7.79. The highest BCUT2D eigenvalue weighted by Gasteiger charge is 2.26. The molecule has 1 fully saturated rings. The number of pyridine rings is 1. The molecule has 3 aromatic heterocycles. The van der Waals surface area contributed by atoms with Gasteiger partial charge in [0.15, 0.2) is 11.2 Å². The van der Waals surface area contributed by atoms with Gasteiger partial charge >= 0.3 is 11.7 Å². The van der Waals surface area contributed by atoms with E-state index in [0.717, 1.165) is 4.57 Å². The first-order valence-corrected chi connectivity index (χ1v) is 10.5. The van der Waals surface area contributed by atoms with Crippen molar-refractivity contribution in [2.75, 3.05) is 33.4 Å². The fourth-order valence-corrected chi connectivity index (χ4v) is 3.73. The highest BCUT2D eigenvalue weighted by Crippen LogP contribution is 2.15. The molecule has 34 heavy (non-hydrogen) atoms. The molecule has 13 nitrogen and oxygen atoms in total. The monoisotopic (exact) mass is 472 g/mol. The smallest absolute Gasteiger partial charge is 0.339 e. The third-order valence-electron chi connectivity index (χ3n) is 5.58. The van der Waals surface area contributed by atoms with Crippen LogP contribution < -0.4 is 16.0 Å². The van der Waals surface area contributed by atoms with Gasteiger partial charge in [0.2, 0.25) is 5.91 Å². The van der Waals surface area contributed by atoms with Gasteiger partial charge in [0.1, 0.15) is 25.0 Å². The minimum atomic E-state index is -0.523. The summed E-state index contributed by atoms with van der Waals surface area (Å²) in [4.78, 5) is 59.0. The molecular weight excluding hydrogens is 448 g/mol. The standard InChI is InChI=1S/C21H24N6O7/c1-24-18-17(19(29)25(2)21(24)31)27(12-23-18)10-16(28)26-4-5-33-15(9-26)11-34-14-6-13(7-22-8-14)20(30)32-3/h6-8,12,15H,4-5,9-11H2,1-3H3. The average Bonchev–Trinajstić information content (AvgIpc) is 3.28. The van der Waals surface area contributed by atoms with Crippen LogP contribution in [0.2, 0.25) is 0 Å². The van der Waals surface area contributed by atoms with Gasteiger partial charge in [0, 0.05) is 26.8 Å². The Bertz CT molecular complexity index is 1360. The summed E-state index contributed by atoms with van der Waals surface area (Å²) in [5.74, 6) is -0.371. The summed E-state index contributed by atoms with van der Waals surface area (Å²) in [7, 11) is 4.18. The minimum absolute atomic E-state index is 0.109. The van der Waals surface area contributed by atoms with Gasteiger partial charge in [0.25, 0.3) is 5.56 Å². The summed E-state index contributed by atoms with van der Waals surface area (Å²) >= 11 is 0. The number of fused-ring (bicyclic) bond motifs is 1. The Labute approximate surface area is 193 Å². The summed E-state index contributed by atoms with van der Waals surface area (Å²) in [5.41, 5.74) is -0.338. The van der Waals surface area contributed by atoms with Crippen LogP contribution in [-0.4, -0.2) is 80.0 Å². The summed E-state index contributed by atoms with van der Waals surface area (Å²) < 4.78 is 19.8. The Kier molecular flexibility index (Phi) is 6.45. The zero-order chi connectivity index (χ0) is 24.4. The molecule has 0 N–H and O–H groups in total. The van der Waals surface area contributed by atoms with E-state index < -0.39 is 23.3 Å². The molecule has 4 heterocycles. The lowest BCUT2D eigenvalue weighted by Gasteiger charge is -2.33. The maximum absolute atomic E-state index is 13.0. The number of amides is 1. The number of esters is 1. The van der Waals surface area contributed by atoms with E-state index >= 15 is 0 Å². The number of morpholine rings is 1. The summed E-state index contributed by atoms with van der Waals surface area (Å²) in [6, 6.07) is 1.52. The number of methoxy groups -OCH3 is 1. The first-order chi connectivity index (χ1) is 16.3. The SMILES string of the molecule is COC(=O)c1cncc(OCC2CN(C(=O)Cn3cnc4c3c(=O)n(C)c(=O)n4C)CCO2)c1. The zero-order valence-corrected chi connectivity index (χ0v) is 19.0. The number of hydrogen-bond donors (Lipinski definition) is 0. The second-order valence-corrected chi connectivity index (χ2v) is 7.79. The largest absolute Gasteiger partial charge is 0.489 e. The molecular formula is C21H24N6O7. The van der Waals surface area contributed by atoms with Gasteiger partial charge in [-0.1, -0.05) is 0 Å². The van der Waals surface area contributed by atoms with Crippen LogP contribution in [0.15, 0.2) is 34.4 Å². The van der Waals surface area contributed by atoms with Gasteiger partial charge in [-0.05, 0) is 6.07 Å². The maximum atomic E-state index is 13.0. The van der Waals surface area contributed by atoms with Crippen molar-refractivity contribution in [3.05, 3.63) is 51.2 Å². The van der Waals surface area contributed by atoms with Crippen LogP contribution in [0.1, 0.15) is 10.4 Å². The Morgan fingerprint density at radius 2 is 2.00 bits per heavy atom. The Morgan fingerprint density at radius 3 is 2.76 bits per heavy atom. The minimum Gasteiger partial charge on any atom is -0.489 e. The van der Waals surface area contributed by atoms with Gasteiger partial charge in [0.05, 0.1) is 38.3 Å². The number of imidazole rings is 1. The van der Waals surface area contributed by atoms with Crippen LogP contribution in [0, 0.1) is 0 Å². The molecule has 0 saturated carbocycles. The van der Waals surface area contributed by atoms with Gasteiger partial charge in [-0.25, -0.2) is 14.6 Å². The van der Waals surface area contributed by atoms with Gasteiger partial charge in [-0.2, -0.15) is 0 Å². The van der Waals surface area contributed by atoms with E-state index in [4.69, 9.17) is 9.47 Å². The van der Waals surface area contributed by atoms with Crippen molar-refractivity contribution in [3.8, 4) is 5.75 Å². The van der Waals surface area contributed by atoms with Gasteiger partial charge in [-0.3, -0.25) is 23.7 Å². The Hall–Kier alpha value is -4.00. The molecule has 4 rings (SSSR count). The lowest BCUT2D eigenvalue weighted by atomic mass is 10.2. The van der Waals surface area contributed by atoms with Crippen molar-refractivity contribution in [1.29, 1.82) is 0 Å². The highest BCUT2D eigenvalue weighted by molar-refractivity contribution is 5.89. The van der Waals surface area contributed by atoms with E-state index in [-0.39, 0.29) is 42.3 Å². The molecule has 0 spiro atoms. The molecule has 1 unspecified atom stereocenters. The molecule has 0 aromatic carbocycles.